The van der Waals surface area contributed by atoms with Gasteiger partial charge in [0.05, 0.1) is 17.4 Å². The monoisotopic (exact) mass is 294 g/mol. The SMILES string of the molecule is CC(=O)NCCNCc1nc2cc(Cl)ccc2c(=O)[nH]1. The fourth-order valence-electron chi connectivity index (χ4n) is 1.78. The fourth-order valence-corrected chi connectivity index (χ4v) is 1.94. The van der Waals surface area contributed by atoms with Crippen molar-refractivity contribution in [1.29, 1.82) is 0 Å². The zero-order valence-corrected chi connectivity index (χ0v) is 11.8. The molecule has 2 rings (SSSR count). The highest BCUT2D eigenvalue weighted by Gasteiger charge is 2.04. The van der Waals surface area contributed by atoms with Crippen LogP contribution in [0.25, 0.3) is 10.9 Å². The molecule has 7 heteroatoms. The van der Waals surface area contributed by atoms with E-state index in [9.17, 15) is 9.59 Å². The minimum atomic E-state index is -0.190. The Morgan fingerprint density at radius 2 is 2.20 bits per heavy atom. The van der Waals surface area contributed by atoms with Crippen LogP contribution in [-0.4, -0.2) is 29.0 Å². The maximum Gasteiger partial charge on any atom is 0.258 e. The maximum atomic E-state index is 11.9. The van der Waals surface area contributed by atoms with Crippen molar-refractivity contribution < 1.29 is 4.79 Å². The average molecular weight is 295 g/mol. The van der Waals surface area contributed by atoms with Crippen molar-refractivity contribution in [1.82, 2.24) is 20.6 Å². The Morgan fingerprint density at radius 1 is 1.40 bits per heavy atom. The maximum absolute atomic E-state index is 11.9. The first-order chi connectivity index (χ1) is 9.56. The number of aromatic nitrogens is 2. The highest BCUT2D eigenvalue weighted by atomic mass is 35.5. The Balaban J connectivity index is 2.04. The number of halogens is 1. The third-order valence-corrected chi connectivity index (χ3v) is 2.92. The van der Waals surface area contributed by atoms with E-state index in [4.69, 9.17) is 11.6 Å². The summed E-state index contributed by atoms with van der Waals surface area (Å²) in [6, 6.07) is 4.97. The van der Waals surface area contributed by atoms with E-state index in [1.807, 2.05) is 0 Å². The van der Waals surface area contributed by atoms with Gasteiger partial charge in [0.15, 0.2) is 0 Å². The van der Waals surface area contributed by atoms with Crippen LogP contribution in [0.4, 0.5) is 0 Å². The Bertz CT molecular complexity index is 684. The number of benzene rings is 1. The van der Waals surface area contributed by atoms with Gasteiger partial charge in [-0.1, -0.05) is 11.6 Å². The summed E-state index contributed by atoms with van der Waals surface area (Å²) in [6.07, 6.45) is 0. The molecule has 0 aliphatic heterocycles. The molecule has 6 nitrogen and oxygen atoms in total. The van der Waals surface area contributed by atoms with Gasteiger partial charge in [0.2, 0.25) is 5.91 Å². The summed E-state index contributed by atoms with van der Waals surface area (Å²) in [5, 5.41) is 6.80. The van der Waals surface area contributed by atoms with E-state index in [0.29, 0.717) is 41.4 Å². The lowest BCUT2D eigenvalue weighted by Gasteiger charge is -2.06. The van der Waals surface area contributed by atoms with E-state index in [2.05, 4.69) is 20.6 Å². The first-order valence-corrected chi connectivity index (χ1v) is 6.57. The molecule has 0 spiro atoms. The molecule has 0 atom stereocenters. The molecular weight excluding hydrogens is 280 g/mol. The molecular formula is C13H15ClN4O2. The summed E-state index contributed by atoms with van der Waals surface area (Å²) >= 11 is 5.89. The molecule has 3 N–H and O–H groups in total. The molecule has 0 bridgehead atoms. The van der Waals surface area contributed by atoms with Crippen LogP contribution >= 0.6 is 11.6 Å². The minimum Gasteiger partial charge on any atom is -0.355 e. The molecule has 1 aromatic heterocycles. The predicted molar refractivity (Wildman–Crippen MR) is 77.8 cm³/mol. The first kappa shape index (κ1) is 14.5. The highest BCUT2D eigenvalue weighted by Crippen LogP contribution is 2.14. The van der Waals surface area contributed by atoms with Gasteiger partial charge in [-0.3, -0.25) is 9.59 Å². The van der Waals surface area contributed by atoms with Crippen LogP contribution in [0, 0.1) is 0 Å². The van der Waals surface area contributed by atoms with Crippen molar-refractivity contribution in [2.24, 2.45) is 0 Å². The van der Waals surface area contributed by atoms with Crippen LogP contribution in [0.3, 0.4) is 0 Å². The third kappa shape index (κ3) is 3.79. The molecule has 0 radical (unpaired) electrons. The van der Waals surface area contributed by atoms with Gasteiger partial charge in [0.1, 0.15) is 5.82 Å². The Kier molecular flexibility index (Phi) is 4.70. The topological polar surface area (TPSA) is 86.9 Å². The zero-order valence-electron chi connectivity index (χ0n) is 11.0. The number of hydrogen-bond acceptors (Lipinski definition) is 4. The lowest BCUT2D eigenvalue weighted by atomic mass is 10.2. The Hall–Kier alpha value is -1.92. The van der Waals surface area contributed by atoms with Gasteiger partial charge in [-0.25, -0.2) is 4.98 Å². The molecule has 0 fully saturated rings. The van der Waals surface area contributed by atoms with E-state index in [1.54, 1.807) is 18.2 Å². The van der Waals surface area contributed by atoms with Gasteiger partial charge in [-0.2, -0.15) is 0 Å². The van der Waals surface area contributed by atoms with Crippen molar-refractivity contribution >= 4 is 28.4 Å². The van der Waals surface area contributed by atoms with Crippen molar-refractivity contribution in [3.63, 3.8) is 0 Å². The molecule has 0 aliphatic carbocycles. The summed E-state index contributed by atoms with van der Waals surface area (Å²) in [7, 11) is 0. The van der Waals surface area contributed by atoms with E-state index >= 15 is 0 Å². The Labute approximate surface area is 120 Å². The number of carbonyl (C=O) groups is 1. The average Bonchev–Trinajstić information content (AvgIpc) is 2.37. The van der Waals surface area contributed by atoms with Crippen molar-refractivity contribution in [3.05, 3.63) is 39.4 Å². The van der Waals surface area contributed by atoms with Crippen LogP contribution < -0.4 is 16.2 Å². The number of carbonyl (C=O) groups excluding carboxylic acids is 1. The largest absolute Gasteiger partial charge is 0.355 e. The van der Waals surface area contributed by atoms with Crippen molar-refractivity contribution in [3.8, 4) is 0 Å². The molecule has 1 heterocycles. The van der Waals surface area contributed by atoms with Crippen molar-refractivity contribution in [2.45, 2.75) is 13.5 Å². The lowest BCUT2D eigenvalue weighted by molar-refractivity contribution is -0.118. The molecule has 106 valence electrons. The van der Waals surface area contributed by atoms with E-state index in [-0.39, 0.29) is 11.5 Å². The third-order valence-electron chi connectivity index (χ3n) is 2.69. The van der Waals surface area contributed by atoms with Crippen LogP contribution in [-0.2, 0) is 11.3 Å². The van der Waals surface area contributed by atoms with Gasteiger partial charge in [-0.05, 0) is 18.2 Å². The molecule has 0 aliphatic rings. The van der Waals surface area contributed by atoms with Gasteiger partial charge < -0.3 is 15.6 Å². The number of H-pyrrole nitrogens is 1. The number of nitrogens with zero attached hydrogens (tertiary/aromatic N) is 1. The normalized spacial score (nSPS) is 10.7. The fraction of sp³-hybridized carbons (Fsp3) is 0.308. The smallest absolute Gasteiger partial charge is 0.258 e. The number of rotatable bonds is 5. The number of amides is 1. The standard InChI is InChI=1S/C13H15ClN4O2/c1-8(19)16-5-4-15-7-12-17-11-6-9(14)2-3-10(11)13(20)18-12/h2-3,6,15H,4-5,7H2,1H3,(H,16,19)(H,17,18,20). The summed E-state index contributed by atoms with van der Waals surface area (Å²) < 4.78 is 0. The Morgan fingerprint density at radius 3 is 2.95 bits per heavy atom. The van der Waals surface area contributed by atoms with Gasteiger partial charge in [0, 0.05) is 25.0 Å². The summed E-state index contributed by atoms with van der Waals surface area (Å²) in [5.41, 5.74) is 0.380. The molecule has 0 saturated carbocycles. The molecule has 0 unspecified atom stereocenters. The van der Waals surface area contributed by atoms with Crippen molar-refractivity contribution in [2.75, 3.05) is 13.1 Å². The second-order valence-electron chi connectivity index (χ2n) is 4.33. The molecule has 0 saturated heterocycles. The number of aromatic amines is 1. The summed E-state index contributed by atoms with van der Waals surface area (Å²) in [4.78, 5) is 29.6. The van der Waals surface area contributed by atoms with E-state index < -0.39 is 0 Å². The van der Waals surface area contributed by atoms with Crippen LogP contribution in [0.15, 0.2) is 23.0 Å². The zero-order chi connectivity index (χ0) is 14.5. The number of hydrogen-bond donors (Lipinski definition) is 3. The van der Waals surface area contributed by atoms with Gasteiger partial charge >= 0.3 is 0 Å². The predicted octanol–water partition coefficient (Wildman–Crippen LogP) is 0.802. The molecule has 1 amide bonds. The second kappa shape index (κ2) is 6.49. The van der Waals surface area contributed by atoms with Crippen LogP contribution in [0.2, 0.25) is 5.02 Å². The van der Waals surface area contributed by atoms with Gasteiger partial charge in [0.25, 0.3) is 5.56 Å². The summed E-state index contributed by atoms with van der Waals surface area (Å²) in [6.45, 7) is 3.00. The number of fused-ring (bicyclic) bond motifs is 1. The van der Waals surface area contributed by atoms with E-state index in [1.165, 1.54) is 6.92 Å². The molecule has 20 heavy (non-hydrogen) atoms. The summed E-state index contributed by atoms with van der Waals surface area (Å²) in [5.74, 6) is 0.464. The van der Waals surface area contributed by atoms with E-state index in [0.717, 1.165) is 0 Å². The lowest BCUT2D eigenvalue weighted by Crippen LogP contribution is -2.30. The number of nitrogens with one attached hydrogen (secondary N) is 3. The van der Waals surface area contributed by atoms with Crippen LogP contribution in [0.5, 0.6) is 0 Å². The van der Waals surface area contributed by atoms with Gasteiger partial charge in [-0.15, -0.1) is 0 Å². The van der Waals surface area contributed by atoms with Crippen LogP contribution in [0.1, 0.15) is 12.7 Å². The minimum absolute atomic E-state index is 0.0707. The second-order valence-corrected chi connectivity index (χ2v) is 4.77. The highest BCUT2D eigenvalue weighted by molar-refractivity contribution is 6.31. The first-order valence-electron chi connectivity index (χ1n) is 6.20. The molecule has 1 aromatic carbocycles. The molecule has 2 aromatic rings. The quantitative estimate of drug-likeness (QED) is 0.712.